The summed E-state index contributed by atoms with van der Waals surface area (Å²) in [6.07, 6.45) is 0. The van der Waals surface area contributed by atoms with Crippen molar-refractivity contribution in [1.29, 1.82) is 0 Å². The van der Waals surface area contributed by atoms with Gasteiger partial charge in [-0.2, -0.15) is 0 Å². The maximum atomic E-state index is 9.70. The van der Waals surface area contributed by atoms with Crippen LogP contribution in [0.3, 0.4) is 0 Å². The summed E-state index contributed by atoms with van der Waals surface area (Å²) in [5.74, 6) is 1.59. The molecule has 0 bridgehead atoms. The molecule has 0 aromatic heterocycles. The minimum Gasteiger partial charge on any atom is -0.486 e. The predicted molar refractivity (Wildman–Crippen MR) is 78.9 cm³/mol. The summed E-state index contributed by atoms with van der Waals surface area (Å²) in [7, 11) is 0. The Morgan fingerprint density at radius 2 is 1.85 bits per heavy atom. The molecule has 0 spiro atoms. The van der Waals surface area contributed by atoms with Crippen molar-refractivity contribution in [2.45, 2.75) is 6.04 Å². The van der Waals surface area contributed by atoms with Crippen molar-refractivity contribution in [1.82, 2.24) is 10.2 Å². The number of halogens is 1. The summed E-state index contributed by atoms with van der Waals surface area (Å²) in [5.41, 5.74) is 1.09. The van der Waals surface area contributed by atoms with Gasteiger partial charge in [-0.05, 0) is 17.7 Å². The van der Waals surface area contributed by atoms with E-state index in [-0.39, 0.29) is 25.1 Å². The lowest BCUT2D eigenvalue weighted by atomic mass is 10.0. The number of ether oxygens (including phenoxy) is 2. The van der Waals surface area contributed by atoms with Gasteiger partial charge in [0.2, 0.25) is 0 Å². The highest BCUT2D eigenvalue weighted by atomic mass is 35.5. The second-order valence-corrected chi connectivity index (χ2v) is 4.89. The van der Waals surface area contributed by atoms with Crippen LogP contribution < -0.4 is 14.8 Å². The molecule has 0 amide bonds. The fourth-order valence-electron chi connectivity index (χ4n) is 2.69. The molecular formula is C14H21ClN2O3. The highest BCUT2D eigenvalue weighted by molar-refractivity contribution is 5.85. The summed E-state index contributed by atoms with van der Waals surface area (Å²) in [6, 6.07) is 6.00. The zero-order chi connectivity index (χ0) is 13.1. The molecule has 0 saturated carbocycles. The van der Waals surface area contributed by atoms with Gasteiger partial charge in [0.05, 0.1) is 12.6 Å². The maximum absolute atomic E-state index is 9.70. The molecule has 6 heteroatoms. The third kappa shape index (κ3) is 3.17. The number of benzene rings is 1. The first kappa shape index (κ1) is 15.4. The third-order valence-corrected chi connectivity index (χ3v) is 3.72. The van der Waals surface area contributed by atoms with Crippen molar-refractivity contribution in [3.8, 4) is 11.5 Å². The molecule has 2 heterocycles. The van der Waals surface area contributed by atoms with E-state index in [9.17, 15) is 5.11 Å². The van der Waals surface area contributed by atoms with Crippen LogP contribution in [0.25, 0.3) is 0 Å². The summed E-state index contributed by atoms with van der Waals surface area (Å²) in [4.78, 5) is 2.31. The lowest BCUT2D eigenvalue weighted by molar-refractivity contribution is 0.110. The summed E-state index contributed by atoms with van der Waals surface area (Å²) >= 11 is 0. The van der Waals surface area contributed by atoms with E-state index in [0.29, 0.717) is 13.2 Å². The van der Waals surface area contributed by atoms with Crippen LogP contribution >= 0.6 is 12.4 Å². The minimum absolute atomic E-state index is 0. The average molecular weight is 301 g/mol. The van der Waals surface area contributed by atoms with Gasteiger partial charge in [0.15, 0.2) is 11.5 Å². The Labute approximate surface area is 125 Å². The summed E-state index contributed by atoms with van der Waals surface area (Å²) in [5, 5.41) is 13.0. The first-order chi connectivity index (χ1) is 9.38. The van der Waals surface area contributed by atoms with Crippen LogP contribution in [-0.4, -0.2) is 56.0 Å². The molecule has 0 aliphatic carbocycles. The fraction of sp³-hybridized carbons (Fsp3) is 0.571. The van der Waals surface area contributed by atoms with Gasteiger partial charge in [-0.25, -0.2) is 0 Å². The van der Waals surface area contributed by atoms with Crippen LogP contribution in [0.1, 0.15) is 11.6 Å². The van der Waals surface area contributed by atoms with Crippen LogP contribution in [0.4, 0.5) is 0 Å². The summed E-state index contributed by atoms with van der Waals surface area (Å²) < 4.78 is 11.1. The van der Waals surface area contributed by atoms with Crippen LogP contribution in [0.5, 0.6) is 11.5 Å². The van der Waals surface area contributed by atoms with Gasteiger partial charge in [0, 0.05) is 26.2 Å². The first-order valence-electron chi connectivity index (χ1n) is 6.83. The molecule has 2 aliphatic rings. The van der Waals surface area contributed by atoms with Gasteiger partial charge in [-0.3, -0.25) is 4.90 Å². The van der Waals surface area contributed by atoms with E-state index < -0.39 is 0 Å². The van der Waals surface area contributed by atoms with Crippen LogP contribution in [-0.2, 0) is 0 Å². The van der Waals surface area contributed by atoms with Crippen LogP contribution in [0, 0.1) is 0 Å². The van der Waals surface area contributed by atoms with E-state index in [1.807, 2.05) is 18.2 Å². The average Bonchev–Trinajstić information content (AvgIpc) is 2.49. The number of nitrogens with one attached hydrogen (secondary N) is 1. The monoisotopic (exact) mass is 300 g/mol. The first-order valence-corrected chi connectivity index (χ1v) is 6.83. The van der Waals surface area contributed by atoms with Gasteiger partial charge in [0.1, 0.15) is 13.2 Å². The Morgan fingerprint density at radius 1 is 1.15 bits per heavy atom. The SMILES string of the molecule is Cl.OC[C@H](c1ccc2c(c1)OCCO2)N1CCNCC1. The summed E-state index contributed by atoms with van der Waals surface area (Å²) in [6.45, 7) is 5.18. The van der Waals surface area contributed by atoms with E-state index in [1.165, 1.54) is 0 Å². The lowest BCUT2D eigenvalue weighted by Gasteiger charge is -2.34. The molecular weight excluding hydrogens is 280 g/mol. The van der Waals surface area contributed by atoms with Crippen molar-refractivity contribution in [3.05, 3.63) is 23.8 Å². The Hall–Kier alpha value is -1.01. The number of fused-ring (bicyclic) bond motifs is 1. The molecule has 2 aliphatic heterocycles. The predicted octanol–water partition coefficient (Wildman–Crippen LogP) is 0.818. The van der Waals surface area contributed by atoms with E-state index >= 15 is 0 Å². The van der Waals surface area contributed by atoms with Crippen molar-refractivity contribution < 1.29 is 14.6 Å². The molecule has 5 nitrogen and oxygen atoms in total. The number of rotatable bonds is 3. The molecule has 1 fully saturated rings. The molecule has 1 saturated heterocycles. The number of hydrogen-bond donors (Lipinski definition) is 2. The molecule has 0 unspecified atom stereocenters. The van der Waals surface area contributed by atoms with E-state index in [0.717, 1.165) is 43.2 Å². The molecule has 1 aromatic carbocycles. The molecule has 112 valence electrons. The zero-order valence-electron chi connectivity index (χ0n) is 11.4. The molecule has 20 heavy (non-hydrogen) atoms. The van der Waals surface area contributed by atoms with Gasteiger partial charge in [-0.15, -0.1) is 12.4 Å². The van der Waals surface area contributed by atoms with Gasteiger partial charge < -0.3 is 19.9 Å². The fourth-order valence-corrected chi connectivity index (χ4v) is 2.69. The van der Waals surface area contributed by atoms with Gasteiger partial charge in [-0.1, -0.05) is 6.07 Å². The topological polar surface area (TPSA) is 54.0 Å². The number of piperazine rings is 1. The Kier molecular flexibility index (Phi) is 5.48. The molecule has 1 aromatic rings. The highest BCUT2D eigenvalue weighted by Crippen LogP contribution is 2.34. The third-order valence-electron chi connectivity index (χ3n) is 3.72. The van der Waals surface area contributed by atoms with E-state index in [2.05, 4.69) is 10.2 Å². The quantitative estimate of drug-likeness (QED) is 0.865. The Morgan fingerprint density at radius 3 is 2.55 bits per heavy atom. The number of nitrogens with zero attached hydrogens (tertiary/aromatic N) is 1. The second kappa shape index (κ2) is 7.13. The lowest BCUT2D eigenvalue weighted by Crippen LogP contribution is -2.46. The van der Waals surface area contributed by atoms with Crippen LogP contribution in [0.2, 0.25) is 0 Å². The van der Waals surface area contributed by atoms with E-state index in [1.54, 1.807) is 0 Å². The zero-order valence-corrected chi connectivity index (χ0v) is 12.2. The largest absolute Gasteiger partial charge is 0.486 e. The Balaban J connectivity index is 0.00000147. The standard InChI is InChI=1S/C14H20N2O3.ClH/c17-10-12(16-5-3-15-4-6-16)11-1-2-13-14(9-11)19-8-7-18-13;/h1-2,9,12,15,17H,3-8,10H2;1H/t12-;/m1./s1. The normalized spacial score (nSPS) is 20.1. The molecule has 0 radical (unpaired) electrons. The highest BCUT2D eigenvalue weighted by Gasteiger charge is 2.23. The number of hydrogen-bond acceptors (Lipinski definition) is 5. The number of aliphatic hydroxyl groups excluding tert-OH is 1. The molecule has 3 rings (SSSR count). The van der Waals surface area contributed by atoms with Crippen molar-refractivity contribution in [2.75, 3.05) is 46.0 Å². The smallest absolute Gasteiger partial charge is 0.161 e. The number of aliphatic hydroxyl groups is 1. The van der Waals surface area contributed by atoms with Crippen molar-refractivity contribution in [3.63, 3.8) is 0 Å². The Bertz CT molecular complexity index is 438. The van der Waals surface area contributed by atoms with Crippen molar-refractivity contribution >= 4 is 12.4 Å². The van der Waals surface area contributed by atoms with E-state index in [4.69, 9.17) is 9.47 Å². The van der Waals surface area contributed by atoms with Crippen LogP contribution in [0.15, 0.2) is 18.2 Å². The van der Waals surface area contributed by atoms with Gasteiger partial charge in [0.25, 0.3) is 0 Å². The van der Waals surface area contributed by atoms with Crippen molar-refractivity contribution in [2.24, 2.45) is 0 Å². The molecule has 2 N–H and O–H groups in total. The van der Waals surface area contributed by atoms with Gasteiger partial charge >= 0.3 is 0 Å². The molecule has 1 atom stereocenters. The maximum Gasteiger partial charge on any atom is 0.161 e. The minimum atomic E-state index is 0. The second-order valence-electron chi connectivity index (χ2n) is 4.89.